The van der Waals surface area contributed by atoms with Gasteiger partial charge in [0.1, 0.15) is 5.82 Å². The van der Waals surface area contributed by atoms with Crippen LogP contribution in [0.2, 0.25) is 0 Å². The Morgan fingerprint density at radius 2 is 1.92 bits per heavy atom. The summed E-state index contributed by atoms with van der Waals surface area (Å²) in [6.07, 6.45) is 8.47. The minimum atomic E-state index is -0.193. The summed E-state index contributed by atoms with van der Waals surface area (Å²) in [5, 5.41) is 8.56. The molecule has 1 aromatic heterocycles. The van der Waals surface area contributed by atoms with Crippen molar-refractivity contribution < 1.29 is 4.39 Å². The van der Waals surface area contributed by atoms with E-state index in [1.165, 1.54) is 12.1 Å². The van der Waals surface area contributed by atoms with E-state index in [0.717, 1.165) is 50.3 Å². The molecule has 0 atom stereocenters. The topological polar surface area (TPSA) is 37.2 Å². The quantitative estimate of drug-likeness (QED) is 0.808. The Bertz CT molecular complexity index is 684. The number of hydrogen-bond donors (Lipinski definition) is 0. The highest BCUT2D eigenvalue weighted by Gasteiger charge is 2.21. The second-order valence-corrected chi connectivity index (χ2v) is 6.91. The first-order valence-electron chi connectivity index (χ1n) is 8.80. The summed E-state index contributed by atoms with van der Waals surface area (Å²) in [7, 11) is 4.08. The Hall–Kier alpha value is -2.05. The van der Waals surface area contributed by atoms with E-state index < -0.39 is 0 Å². The molecule has 0 aliphatic carbocycles. The van der Waals surface area contributed by atoms with Crippen LogP contribution in [0.15, 0.2) is 36.5 Å². The van der Waals surface area contributed by atoms with Crippen molar-refractivity contribution in [1.82, 2.24) is 24.8 Å². The molecule has 0 radical (unpaired) electrons. The van der Waals surface area contributed by atoms with Crippen LogP contribution in [0.3, 0.4) is 0 Å². The summed E-state index contributed by atoms with van der Waals surface area (Å²) in [5.74, 6) is -0.193. The maximum absolute atomic E-state index is 12.9. The van der Waals surface area contributed by atoms with Crippen LogP contribution in [0.4, 0.5) is 4.39 Å². The predicted molar refractivity (Wildman–Crippen MR) is 97.6 cm³/mol. The van der Waals surface area contributed by atoms with Crippen molar-refractivity contribution in [2.24, 2.45) is 0 Å². The summed E-state index contributed by atoms with van der Waals surface area (Å²) >= 11 is 0. The van der Waals surface area contributed by atoms with E-state index >= 15 is 0 Å². The SMILES string of the molecule is CN(C)Cc1cn(C2CCN(C/C=C/c3ccc(F)cc3)CC2)nn1. The summed E-state index contributed by atoms with van der Waals surface area (Å²) in [4.78, 5) is 4.54. The van der Waals surface area contributed by atoms with Crippen molar-refractivity contribution in [2.45, 2.75) is 25.4 Å². The second-order valence-electron chi connectivity index (χ2n) is 6.91. The fourth-order valence-corrected chi connectivity index (χ4v) is 3.17. The van der Waals surface area contributed by atoms with Gasteiger partial charge in [0, 0.05) is 26.2 Å². The fourth-order valence-electron chi connectivity index (χ4n) is 3.17. The third-order valence-corrected chi connectivity index (χ3v) is 4.51. The molecule has 2 heterocycles. The summed E-state index contributed by atoms with van der Waals surface area (Å²) in [6.45, 7) is 3.86. The highest BCUT2D eigenvalue weighted by molar-refractivity contribution is 5.48. The molecular formula is C19H26FN5. The monoisotopic (exact) mass is 343 g/mol. The molecule has 3 rings (SSSR count). The number of hydrogen-bond acceptors (Lipinski definition) is 4. The molecule has 1 saturated heterocycles. The van der Waals surface area contributed by atoms with Crippen molar-refractivity contribution in [3.05, 3.63) is 53.6 Å². The van der Waals surface area contributed by atoms with E-state index in [2.05, 4.69) is 38.5 Å². The molecule has 1 fully saturated rings. The number of aromatic nitrogens is 3. The van der Waals surface area contributed by atoms with Gasteiger partial charge in [0.15, 0.2) is 0 Å². The van der Waals surface area contributed by atoms with E-state index in [4.69, 9.17) is 0 Å². The van der Waals surface area contributed by atoms with Gasteiger partial charge >= 0.3 is 0 Å². The lowest BCUT2D eigenvalue weighted by Crippen LogP contribution is -2.34. The minimum absolute atomic E-state index is 0.193. The Balaban J connectivity index is 1.45. The van der Waals surface area contributed by atoms with Crippen LogP contribution in [0, 0.1) is 5.82 Å². The third-order valence-electron chi connectivity index (χ3n) is 4.51. The maximum atomic E-state index is 12.9. The Kier molecular flexibility index (Phi) is 5.94. The Labute approximate surface area is 148 Å². The smallest absolute Gasteiger partial charge is 0.123 e. The van der Waals surface area contributed by atoms with Gasteiger partial charge in [-0.05, 0) is 44.6 Å². The van der Waals surface area contributed by atoms with Crippen LogP contribution >= 0.6 is 0 Å². The number of likely N-dealkylation sites (tertiary alicyclic amines) is 1. The zero-order valence-corrected chi connectivity index (χ0v) is 15.0. The van der Waals surface area contributed by atoms with Crippen molar-refractivity contribution in [2.75, 3.05) is 33.7 Å². The molecule has 134 valence electrons. The van der Waals surface area contributed by atoms with Gasteiger partial charge in [0.2, 0.25) is 0 Å². The summed E-state index contributed by atoms with van der Waals surface area (Å²) in [5.41, 5.74) is 2.06. The van der Waals surface area contributed by atoms with Gasteiger partial charge in [-0.3, -0.25) is 4.90 Å². The van der Waals surface area contributed by atoms with Crippen molar-refractivity contribution in [3.63, 3.8) is 0 Å². The Morgan fingerprint density at radius 3 is 2.60 bits per heavy atom. The van der Waals surface area contributed by atoms with Crippen LogP contribution < -0.4 is 0 Å². The summed E-state index contributed by atoms with van der Waals surface area (Å²) in [6, 6.07) is 7.03. The molecule has 1 aliphatic rings. The van der Waals surface area contributed by atoms with Gasteiger partial charge in [-0.1, -0.05) is 29.5 Å². The molecule has 0 unspecified atom stereocenters. The molecule has 2 aromatic rings. The Morgan fingerprint density at radius 1 is 1.20 bits per heavy atom. The molecule has 0 saturated carbocycles. The fraction of sp³-hybridized carbons (Fsp3) is 0.474. The maximum Gasteiger partial charge on any atom is 0.123 e. The number of nitrogens with zero attached hydrogens (tertiary/aromatic N) is 5. The van der Waals surface area contributed by atoms with E-state index in [1.807, 2.05) is 18.8 Å². The first-order valence-corrected chi connectivity index (χ1v) is 8.80. The van der Waals surface area contributed by atoms with E-state index in [1.54, 1.807) is 12.1 Å². The number of halogens is 1. The molecule has 0 amide bonds. The molecule has 1 aliphatic heterocycles. The largest absolute Gasteiger partial charge is 0.303 e. The highest BCUT2D eigenvalue weighted by atomic mass is 19.1. The van der Waals surface area contributed by atoms with Crippen molar-refractivity contribution in [3.8, 4) is 0 Å². The zero-order valence-electron chi connectivity index (χ0n) is 15.0. The molecule has 6 heteroatoms. The molecular weight excluding hydrogens is 317 g/mol. The lowest BCUT2D eigenvalue weighted by molar-refractivity contribution is 0.194. The minimum Gasteiger partial charge on any atom is -0.303 e. The molecule has 25 heavy (non-hydrogen) atoms. The van der Waals surface area contributed by atoms with Crippen LogP contribution in [-0.4, -0.2) is 58.5 Å². The van der Waals surface area contributed by atoms with Crippen LogP contribution in [0.25, 0.3) is 6.08 Å². The number of rotatable bonds is 6. The first kappa shape index (κ1) is 17.8. The van der Waals surface area contributed by atoms with Gasteiger partial charge in [-0.25, -0.2) is 9.07 Å². The normalized spacial score (nSPS) is 17.0. The highest BCUT2D eigenvalue weighted by Crippen LogP contribution is 2.21. The van der Waals surface area contributed by atoms with Gasteiger partial charge < -0.3 is 4.90 Å². The van der Waals surface area contributed by atoms with Gasteiger partial charge in [-0.2, -0.15) is 0 Å². The zero-order chi connectivity index (χ0) is 17.6. The van der Waals surface area contributed by atoms with Gasteiger partial charge in [0.05, 0.1) is 17.9 Å². The van der Waals surface area contributed by atoms with Gasteiger partial charge in [0.25, 0.3) is 0 Å². The van der Waals surface area contributed by atoms with E-state index in [-0.39, 0.29) is 5.82 Å². The lowest BCUT2D eigenvalue weighted by Gasteiger charge is -2.30. The second kappa shape index (κ2) is 8.36. The number of benzene rings is 1. The number of piperidine rings is 1. The molecule has 1 aromatic carbocycles. The summed E-state index contributed by atoms with van der Waals surface area (Å²) < 4.78 is 14.9. The van der Waals surface area contributed by atoms with E-state index in [9.17, 15) is 4.39 Å². The standard InChI is InChI=1S/C19H26FN5/c1-23(2)14-18-15-25(22-21-18)19-9-12-24(13-10-19)11-3-4-16-5-7-17(20)8-6-16/h3-8,15,19H,9-14H2,1-2H3/b4-3+. The van der Waals surface area contributed by atoms with Crippen LogP contribution in [0.5, 0.6) is 0 Å². The molecule has 0 spiro atoms. The van der Waals surface area contributed by atoms with Crippen molar-refractivity contribution in [1.29, 1.82) is 0 Å². The van der Waals surface area contributed by atoms with Gasteiger partial charge in [-0.15, -0.1) is 5.10 Å². The van der Waals surface area contributed by atoms with Crippen LogP contribution in [-0.2, 0) is 6.54 Å². The lowest BCUT2D eigenvalue weighted by atomic mass is 10.1. The average molecular weight is 343 g/mol. The molecule has 0 bridgehead atoms. The van der Waals surface area contributed by atoms with E-state index in [0.29, 0.717) is 6.04 Å². The molecule has 0 N–H and O–H groups in total. The van der Waals surface area contributed by atoms with Crippen molar-refractivity contribution >= 4 is 6.08 Å². The first-order chi connectivity index (χ1) is 12.1. The molecule has 5 nitrogen and oxygen atoms in total. The predicted octanol–water partition coefficient (Wildman–Crippen LogP) is 2.83. The average Bonchev–Trinajstić information content (AvgIpc) is 3.05. The third kappa shape index (κ3) is 5.21. The van der Waals surface area contributed by atoms with Crippen LogP contribution in [0.1, 0.15) is 30.1 Å².